The molecule has 0 bridgehead atoms. The molecule has 1 saturated heterocycles. The van der Waals surface area contributed by atoms with E-state index in [2.05, 4.69) is 21.9 Å². The van der Waals surface area contributed by atoms with Crippen LogP contribution in [0.15, 0.2) is 39.7 Å². The molecule has 0 unspecified atom stereocenters. The first-order chi connectivity index (χ1) is 14.3. The number of nitrogens with zero attached hydrogens (tertiary/aromatic N) is 1. The van der Waals surface area contributed by atoms with Gasteiger partial charge in [-0.2, -0.15) is 0 Å². The van der Waals surface area contributed by atoms with Gasteiger partial charge in [0.25, 0.3) is 11.1 Å². The number of hydrogen-bond acceptors (Lipinski definition) is 5. The third-order valence-corrected chi connectivity index (χ3v) is 6.40. The highest BCUT2D eigenvalue weighted by molar-refractivity contribution is 9.10. The SMILES string of the molecule is C#CCN1C(=O)S/C(=C/c2cc(OC)c(OCc3ccc(Cl)c(Cl)c3)cc2Br)C1=O. The van der Waals surface area contributed by atoms with Crippen LogP contribution in [0, 0.1) is 12.3 Å². The molecular weight excluding hydrogens is 513 g/mol. The Bertz CT molecular complexity index is 1100. The second-order valence-corrected chi connectivity index (χ2v) is 8.70. The van der Waals surface area contributed by atoms with E-state index in [0.29, 0.717) is 31.6 Å². The molecule has 2 aromatic rings. The summed E-state index contributed by atoms with van der Waals surface area (Å²) < 4.78 is 12.0. The van der Waals surface area contributed by atoms with Crippen LogP contribution in [-0.2, 0) is 11.4 Å². The van der Waals surface area contributed by atoms with Crippen LogP contribution in [0.3, 0.4) is 0 Å². The minimum Gasteiger partial charge on any atom is -0.493 e. The van der Waals surface area contributed by atoms with E-state index in [1.807, 2.05) is 6.07 Å². The number of ether oxygens (including phenoxy) is 2. The molecule has 0 atom stereocenters. The van der Waals surface area contributed by atoms with E-state index >= 15 is 0 Å². The molecule has 1 fully saturated rings. The van der Waals surface area contributed by atoms with Crippen LogP contribution in [0.4, 0.5) is 4.79 Å². The Labute approximate surface area is 196 Å². The van der Waals surface area contributed by atoms with Gasteiger partial charge in [-0.25, -0.2) is 0 Å². The standard InChI is InChI=1S/C21H14BrCl2NO4S/c1-3-6-25-20(26)19(30-21(25)27)9-13-8-17(28-2)18(10-14(13)22)29-11-12-4-5-15(23)16(24)7-12/h1,4-5,7-10H,6,11H2,2H3/b19-9+. The summed E-state index contributed by atoms with van der Waals surface area (Å²) in [5.74, 6) is 2.84. The number of imide groups is 1. The number of benzene rings is 2. The van der Waals surface area contributed by atoms with Crippen LogP contribution in [0.2, 0.25) is 10.0 Å². The number of halogens is 3. The van der Waals surface area contributed by atoms with E-state index in [9.17, 15) is 9.59 Å². The Hall–Kier alpha value is -2.11. The van der Waals surface area contributed by atoms with Gasteiger partial charge < -0.3 is 9.47 Å². The zero-order valence-electron chi connectivity index (χ0n) is 15.6. The van der Waals surface area contributed by atoms with Gasteiger partial charge in [-0.15, -0.1) is 6.42 Å². The Morgan fingerprint density at radius 1 is 1.20 bits per heavy atom. The molecule has 1 heterocycles. The van der Waals surface area contributed by atoms with Crippen molar-refractivity contribution in [3.05, 3.63) is 60.9 Å². The fourth-order valence-electron chi connectivity index (χ4n) is 2.59. The molecule has 2 amide bonds. The molecule has 0 radical (unpaired) electrons. The third-order valence-electron chi connectivity index (χ3n) is 4.07. The molecule has 1 aliphatic heterocycles. The number of methoxy groups -OCH3 is 1. The fraction of sp³-hybridized carbons (Fsp3) is 0.143. The lowest BCUT2D eigenvalue weighted by atomic mass is 10.1. The van der Waals surface area contributed by atoms with E-state index in [-0.39, 0.29) is 18.1 Å². The maximum Gasteiger partial charge on any atom is 0.294 e. The van der Waals surface area contributed by atoms with E-state index < -0.39 is 11.1 Å². The van der Waals surface area contributed by atoms with Crippen molar-refractivity contribution in [1.82, 2.24) is 4.90 Å². The predicted octanol–water partition coefficient (Wildman–Crippen LogP) is 6.01. The molecule has 2 aromatic carbocycles. The molecule has 5 nitrogen and oxygen atoms in total. The first-order valence-corrected chi connectivity index (χ1v) is 10.8. The van der Waals surface area contributed by atoms with Crippen molar-refractivity contribution in [2.75, 3.05) is 13.7 Å². The average Bonchev–Trinajstić information content (AvgIpc) is 2.98. The van der Waals surface area contributed by atoms with Crippen molar-refractivity contribution in [2.45, 2.75) is 6.61 Å². The molecule has 30 heavy (non-hydrogen) atoms. The van der Waals surface area contributed by atoms with Gasteiger partial charge in [0, 0.05) is 4.47 Å². The predicted molar refractivity (Wildman–Crippen MR) is 123 cm³/mol. The van der Waals surface area contributed by atoms with Crippen molar-refractivity contribution in [1.29, 1.82) is 0 Å². The van der Waals surface area contributed by atoms with Crippen LogP contribution < -0.4 is 9.47 Å². The molecule has 154 valence electrons. The number of amides is 2. The summed E-state index contributed by atoms with van der Waals surface area (Å²) in [7, 11) is 1.51. The molecule has 9 heteroatoms. The maximum absolute atomic E-state index is 12.4. The Morgan fingerprint density at radius 3 is 2.63 bits per heavy atom. The first-order valence-electron chi connectivity index (χ1n) is 8.47. The molecule has 0 saturated carbocycles. The summed E-state index contributed by atoms with van der Waals surface area (Å²) >= 11 is 16.3. The topological polar surface area (TPSA) is 55.8 Å². The molecule has 0 spiro atoms. The van der Waals surface area contributed by atoms with E-state index in [0.717, 1.165) is 22.2 Å². The third kappa shape index (κ3) is 4.96. The highest BCUT2D eigenvalue weighted by Gasteiger charge is 2.34. The van der Waals surface area contributed by atoms with Crippen molar-refractivity contribution in [3.63, 3.8) is 0 Å². The highest BCUT2D eigenvalue weighted by Crippen LogP contribution is 2.38. The summed E-state index contributed by atoms with van der Waals surface area (Å²) in [5.41, 5.74) is 1.49. The summed E-state index contributed by atoms with van der Waals surface area (Å²) in [6.07, 6.45) is 6.83. The normalized spacial score (nSPS) is 14.9. The Morgan fingerprint density at radius 2 is 1.97 bits per heavy atom. The van der Waals surface area contributed by atoms with Gasteiger partial charge in [-0.05, 0) is 53.2 Å². The van der Waals surface area contributed by atoms with Crippen molar-refractivity contribution < 1.29 is 19.1 Å². The molecular formula is C21H14BrCl2NO4S. The Balaban J connectivity index is 1.84. The molecule has 0 aromatic heterocycles. The summed E-state index contributed by atoms with van der Waals surface area (Å²) in [6.45, 7) is 0.192. The van der Waals surface area contributed by atoms with Gasteiger partial charge in [-0.3, -0.25) is 14.5 Å². The van der Waals surface area contributed by atoms with Crippen LogP contribution in [0.1, 0.15) is 11.1 Å². The van der Waals surface area contributed by atoms with Crippen molar-refractivity contribution >= 4 is 68.1 Å². The number of hydrogen-bond donors (Lipinski definition) is 0. The largest absolute Gasteiger partial charge is 0.493 e. The van der Waals surface area contributed by atoms with Gasteiger partial charge in [0.1, 0.15) is 6.61 Å². The summed E-state index contributed by atoms with van der Waals surface area (Å²) in [6, 6.07) is 8.69. The molecule has 0 aliphatic carbocycles. The minimum absolute atomic E-state index is 0.0615. The molecule has 1 aliphatic rings. The van der Waals surface area contributed by atoms with Gasteiger partial charge in [0.15, 0.2) is 11.5 Å². The van der Waals surface area contributed by atoms with Crippen LogP contribution >= 0.6 is 50.9 Å². The zero-order valence-corrected chi connectivity index (χ0v) is 19.5. The monoisotopic (exact) mass is 525 g/mol. The van der Waals surface area contributed by atoms with E-state index in [4.69, 9.17) is 39.1 Å². The summed E-state index contributed by atoms with van der Waals surface area (Å²) in [5, 5.41) is 0.519. The van der Waals surface area contributed by atoms with Gasteiger partial charge in [0.05, 0.1) is 28.6 Å². The lowest BCUT2D eigenvalue weighted by Crippen LogP contribution is -2.28. The minimum atomic E-state index is -0.422. The number of terminal acetylenes is 1. The number of thioether (sulfide) groups is 1. The van der Waals surface area contributed by atoms with Crippen LogP contribution in [0.5, 0.6) is 11.5 Å². The number of carbonyl (C=O) groups excluding carboxylic acids is 2. The second-order valence-electron chi connectivity index (χ2n) is 6.03. The van der Waals surface area contributed by atoms with Crippen molar-refractivity contribution in [2.24, 2.45) is 0 Å². The fourth-order valence-corrected chi connectivity index (χ4v) is 4.18. The lowest BCUT2D eigenvalue weighted by molar-refractivity contribution is -0.122. The summed E-state index contributed by atoms with van der Waals surface area (Å²) in [4.78, 5) is 25.6. The average molecular weight is 527 g/mol. The van der Waals surface area contributed by atoms with Gasteiger partial charge in [-0.1, -0.05) is 51.1 Å². The van der Waals surface area contributed by atoms with Crippen LogP contribution in [0.25, 0.3) is 6.08 Å². The smallest absolute Gasteiger partial charge is 0.294 e. The highest BCUT2D eigenvalue weighted by atomic mass is 79.9. The first kappa shape index (κ1) is 22.6. The maximum atomic E-state index is 12.4. The van der Waals surface area contributed by atoms with E-state index in [1.165, 1.54) is 7.11 Å². The van der Waals surface area contributed by atoms with Gasteiger partial charge >= 0.3 is 0 Å². The van der Waals surface area contributed by atoms with E-state index in [1.54, 1.807) is 30.3 Å². The quantitative estimate of drug-likeness (QED) is 0.340. The second kappa shape index (κ2) is 9.80. The molecule has 3 rings (SSSR count). The number of rotatable bonds is 6. The molecule has 0 N–H and O–H groups in total. The van der Waals surface area contributed by atoms with Crippen molar-refractivity contribution in [3.8, 4) is 23.8 Å². The number of carbonyl (C=O) groups is 2. The lowest BCUT2D eigenvalue weighted by Gasteiger charge is -2.13. The zero-order chi connectivity index (χ0) is 21.8. The van der Waals surface area contributed by atoms with Crippen LogP contribution in [-0.4, -0.2) is 29.7 Å². The Kier molecular flexibility index (Phi) is 7.37. The van der Waals surface area contributed by atoms with Gasteiger partial charge in [0.2, 0.25) is 0 Å².